The van der Waals surface area contributed by atoms with Gasteiger partial charge in [-0.05, 0) is 24.6 Å². The minimum absolute atomic E-state index is 0.289. The number of amides is 2. The monoisotopic (exact) mass is 421 g/mol. The zero-order valence-electron chi connectivity index (χ0n) is 15.3. The van der Waals surface area contributed by atoms with Crippen LogP contribution in [-0.4, -0.2) is 33.1 Å². The number of carbonyl (C=O) groups excluding carboxylic acids is 1. The summed E-state index contributed by atoms with van der Waals surface area (Å²) in [5, 5.41) is 12.3. The third-order valence-electron chi connectivity index (χ3n) is 3.81. The Bertz CT molecular complexity index is 962. The van der Waals surface area contributed by atoms with E-state index in [-0.39, 0.29) is 5.69 Å². The van der Waals surface area contributed by atoms with Crippen LogP contribution in [0.15, 0.2) is 59.5 Å². The summed E-state index contributed by atoms with van der Waals surface area (Å²) in [4.78, 5) is 17.2. The Labute approximate surface area is 169 Å². The third kappa shape index (κ3) is 5.98. The maximum Gasteiger partial charge on any atom is 0.398 e. The predicted octanol–water partition coefficient (Wildman–Crippen LogP) is 4.68. The van der Waals surface area contributed by atoms with Gasteiger partial charge in [-0.25, -0.2) is 9.78 Å². The summed E-state index contributed by atoms with van der Waals surface area (Å²) in [5.41, 5.74) is 1.05. The smallest absolute Gasteiger partial charge is 0.324 e. The molecule has 0 aliphatic heterocycles. The fraction of sp³-hybridized carbons (Fsp3) is 0.211. The molecule has 0 aliphatic carbocycles. The molecule has 0 spiro atoms. The van der Waals surface area contributed by atoms with Gasteiger partial charge in [0, 0.05) is 4.90 Å². The van der Waals surface area contributed by atoms with E-state index in [0.717, 1.165) is 5.56 Å². The van der Waals surface area contributed by atoms with Gasteiger partial charge >= 0.3 is 12.2 Å². The van der Waals surface area contributed by atoms with Gasteiger partial charge in [-0.2, -0.15) is 18.3 Å². The maximum absolute atomic E-state index is 12.6. The lowest BCUT2D eigenvalue weighted by Gasteiger charge is -2.18. The lowest BCUT2D eigenvalue weighted by atomic mass is 10.1. The van der Waals surface area contributed by atoms with Crippen LogP contribution >= 0.6 is 11.8 Å². The molecular weight excluding hydrogens is 403 g/mol. The molecule has 1 heterocycles. The SMILES string of the molecule is Cc1nc(C(NC(=O)Nc2ccccc2SCC(F)(F)F)c2ccccc2)n[nH]1. The Balaban J connectivity index is 1.76. The van der Waals surface area contributed by atoms with E-state index in [4.69, 9.17) is 0 Å². The number of hydrogen-bond donors (Lipinski definition) is 3. The van der Waals surface area contributed by atoms with Crippen LogP contribution in [0.2, 0.25) is 0 Å². The van der Waals surface area contributed by atoms with Crippen molar-refractivity contribution in [2.45, 2.75) is 24.0 Å². The minimum Gasteiger partial charge on any atom is -0.324 e. The molecule has 1 aromatic heterocycles. The lowest BCUT2D eigenvalue weighted by molar-refractivity contribution is -0.105. The number of urea groups is 1. The van der Waals surface area contributed by atoms with Crippen LogP contribution in [0.5, 0.6) is 0 Å². The first kappa shape index (κ1) is 20.7. The Morgan fingerprint density at radius 3 is 2.48 bits per heavy atom. The van der Waals surface area contributed by atoms with Crippen molar-refractivity contribution >= 4 is 23.5 Å². The van der Waals surface area contributed by atoms with Crippen LogP contribution in [0.3, 0.4) is 0 Å². The van der Waals surface area contributed by atoms with E-state index in [1.54, 1.807) is 25.1 Å². The number of thioether (sulfide) groups is 1. The molecule has 3 aromatic rings. The summed E-state index contributed by atoms with van der Waals surface area (Å²) in [6, 6.07) is 14.3. The predicted molar refractivity (Wildman–Crippen MR) is 105 cm³/mol. The van der Waals surface area contributed by atoms with Crippen LogP contribution in [0.25, 0.3) is 0 Å². The summed E-state index contributed by atoms with van der Waals surface area (Å²) >= 11 is 0.614. The quantitative estimate of drug-likeness (QED) is 0.505. The van der Waals surface area contributed by atoms with Crippen LogP contribution in [0.1, 0.15) is 23.3 Å². The number of nitrogens with zero attached hydrogens (tertiary/aromatic N) is 2. The molecule has 0 saturated heterocycles. The van der Waals surface area contributed by atoms with Gasteiger partial charge in [0.25, 0.3) is 0 Å². The number of rotatable bonds is 6. The van der Waals surface area contributed by atoms with E-state index in [1.807, 2.05) is 30.3 Å². The van der Waals surface area contributed by atoms with Crippen LogP contribution in [0, 0.1) is 6.92 Å². The number of carbonyl (C=O) groups is 1. The van der Waals surface area contributed by atoms with Gasteiger partial charge < -0.3 is 10.6 Å². The first-order valence-electron chi connectivity index (χ1n) is 8.62. The highest BCUT2D eigenvalue weighted by Gasteiger charge is 2.28. The second-order valence-electron chi connectivity index (χ2n) is 6.12. The topological polar surface area (TPSA) is 82.7 Å². The highest BCUT2D eigenvalue weighted by atomic mass is 32.2. The maximum atomic E-state index is 12.6. The molecule has 3 rings (SSSR count). The average Bonchev–Trinajstić information content (AvgIpc) is 3.11. The first-order chi connectivity index (χ1) is 13.8. The molecule has 3 N–H and O–H groups in total. The van der Waals surface area contributed by atoms with Gasteiger partial charge in [-0.15, -0.1) is 11.8 Å². The third-order valence-corrected chi connectivity index (χ3v) is 4.95. The lowest BCUT2D eigenvalue weighted by Crippen LogP contribution is -2.34. The number of para-hydroxylation sites is 1. The van der Waals surface area contributed by atoms with Crippen molar-refractivity contribution in [2.24, 2.45) is 0 Å². The number of halogens is 3. The molecule has 6 nitrogen and oxygen atoms in total. The minimum atomic E-state index is -4.30. The molecule has 2 aromatic carbocycles. The van der Waals surface area contributed by atoms with Gasteiger partial charge in [0.1, 0.15) is 11.9 Å². The van der Waals surface area contributed by atoms with E-state index < -0.39 is 24.0 Å². The number of alkyl halides is 3. The van der Waals surface area contributed by atoms with Gasteiger partial charge in [0.05, 0.1) is 11.4 Å². The molecule has 152 valence electrons. The van der Waals surface area contributed by atoms with Crippen molar-refractivity contribution in [3.8, 4) is 0 Å². The second kappa shape index (κ2) is 8.99. The molecule has 10 heteroatoms. The number of nitrogens with one attached hydrogen (secondary N) is 3. The van der Waals surface area contributed by atoms with E-state index >= 15 is 0 Å². The van der Waals surface area contributed by atoms with E-state index in [1.165, 1.54) is 6.07 Å². The van der Waals surface area contributed by atoms with Crippen molar-refractivity contribution in [3.05, 3.63) is 71.8 Å². The Morgan fingerprint density at radius 2 is 1.83 bits per heavy atom. The van der Waals surface area contributed by atoms with Gasteiger partial charge in [-0.1, -0.05) is 42.5 Å². The second-order valence-corrected chi connectivity index (χ2v) is 7.14. The summed E-state index contributed by atoms with van der Waals surface area (Å²) in [5.74, 6) is -0.0724. The van der Waals surface area contributed by atoms with E-state index in [9.17, 15) is 18.0 Å². The molecule has 0 aliphatic rings. The van der Waals surface area contributed by atoms with Gasteiger partial charge in [-0.3, -0.25) is 5.10 Å². The fourth-order valence-electron chi connectivity index (χ4n) is 2.58. The van der Waals surface area contributed by atoms with Gasteiger partial charge in [0.15, 0.2) is 5.82 Å². The Hall–Kier alpha value is -3.01. The average molecular weight is 421 g/mol. The van der Waals surface area contributed by atoms with Crippen LogP contribution in [0.4, 0.5) is 23.7 Å². The Kier molecular flexibility index (Phi) is 6.42. The molecule has 2 amide bonds. The molecule has 0 fully saturated rings. The van der Waals surface area contributed by atoms with Crippen LogP contribution < -0.4 is 10.6 Å². The molecule has 0 saturated carbocycles. The number of aromatic amines is 1. The van der Waals surface area contributed by atoms with Crippen molar-refractivity contribution in [2.75, 3.05) is 11.1 Å². The number of hydrogen-bond acceptors (Lipinski definition) is 4. The number of H-pyrrole nitrogens is 1. The first-order valence-corrected chi connectivity index (χ1v) is 9.60. The number of anilines is 1. The Morgan fingerprint density at radius 1 is 1.14 bits per heavy atom. The van der Waals surface area contributed by atoms with Crippen molar-refractivity contribution in [1.82, 2.24) is 20.5 Å². The summed E-state index contributed by atoms with van der Waals surface area (Å²) in [6.07, 6.45) is -4.30. The van der Waals surface area contributed by atoms with Crippen LogP contribution in [-0.2, 0) is 0 Å². The highest BCUT2D eigenvalue weighted by molar-refractivity contribution is 7.99. The largest absolute Gasteiger partial charge is 0.398 e. The number of benzene rings is 2. The summed E-state index contributed by atoms with van der Waals surface area (Å²) < 4.78 is 37.6. The van der Waals surface area contributed by atoms with Crippen molar-refractivity contribution < 1.29 is 18.0 Å². The van der Waals surface area contributed by atoms with Crippen molar-refractivity contribution in [3.63, 3.8) is 0 Å². The molecule has 0 radical (unpaired) electrons. The molecule has 1 atom stereocenters. The molecule has 1 unspecified atom stereocenters. The summed E-state index contributed by atoms with van der Waals surface area (Å²) in [7, 11) is 0. The summed E-state index contributed by atoms with van der Waals surface area (Å²) in [6.45, 7) is 1.74. The number of aromatic nitrogens is 3. The zero-order valence-corrected chi connectivity index (χ0v) is 16.1. The fourth-order valence-corrected chi connectivity index (χ4v) is 3.34. The standard InChI is InChI=1S/C19H18F3N5OS/c1-12-23-17(27-26-12)16(13-7-3-2-4-8-13)25-18(28)24-14-9-5-6-10-15(14)29-11-19(20,21)22/h2-10,16H,11H2,1H3,(H,23,26,27)(H2,24,25,28). The van der Waals surface area contributed by atoms with Crippen molar-refractivity contribution in [1.29, 1.82) is 0 Å². The van der Waals surface area contributed by atoms with E-state index in [0.29, 0.717) is 28.3 Å². The van der Waals surface area contributed by atoms with Gasteiger partial charge in [0.2, 0.25) is 0 Å². The zero-order chi connectivity index (χ0) is 20.9. The number of aryl methyl sites for hydroxylation is 1. The molecule has 0 bridgehead atoms. The highest BCUT2D eigenvalue weighted by Crippen LogP contribution is 2.32. The molecular formula is C19H18F3N5OS. The normalized spacial score (nSPS) is 12.4. The van der Waals surface area contributed by atoms with E-state index in [2.05, 4.69) is 25.8 Å². The molecule has 29 heavy (non-hydrogen) atoms.